The summed E-state index contributed by atoms with van der Waals surface area (Å²) >= 11 is 5.84. The van der Waals surface area contributed by atoms with Crippen LogP contribution in [-0.4, -0.2) is 15.7 Å². The molecule has 0 radical (unpaired) electrons. The van der Waals surface area contributed by atoms with E-state index in [1.54, 1.807) is 16.9 Å². The van der Waals surface area contributed by atoms with Crippen LogP contribution in [0.1, 0.15) is 30.2 Å². The van der Waals surface area contributed by atoms with E-state index >= 15 is 0 Å². The molecule has 100 valence electrons. The van der Waals surface area contributed by atoms with E-state index in [0.717, 1.165) is 6.07 Å². The van der Waals surface area contributed by atoms with Gasteiger partial charge in [-0.2, -0.15) is 5.10 Å². The summed E-state index contributed by atoms with van der Waals surface area (Å²) in [4.78, 5) is 12.1. The molecule has 0 bridgehead atoms. The van der Waals surface area contributed by atoms with Crippen LogP contribution in [0.3, 0.4) is 0 Å². The Hall–Kier alpha value is -1.88. The number of amides is 1. The average Bonchev–Trinajstić information content (AvgIpc) is 2.76. The molecule has 0 spiro atoms. The molecule has 0 atom stereocenters. The van der Waals surface area contributed by atoms with Crippen LogP contribution in [0.2, 0.25) is 5.02 Å². The second-order valence-corrected chi connectivity index (χ2v) is 4.74. The number of aromatic nitrogens is 2. The minimum absolute atomic E-state index is 0.0770. The third kappa shape index (κ3) is 2.93. The molecule has 1 N–H and O–H groups in total. The zero-order valence-corrected chi connectivity index (χ0v) is 11.3. The van der Waals surface area contributed by atoms with E-state index in [1.165, 1.54) is 12.1 Å². The maximum absolute atomic E-state index is 12.9. The van der Waals surface area contributed by atoms with Crippen LogP contribution in [0.5, 0.6) is 0 Å². The van der Waals surface area contributed by atoms with Gasteiger partial charge in [0.2, 0.25) is 0 Å². The van der Waals surface area contributed by atoms with Gasteiger partial charge in [0.15, 0.2) is 0 Å². The highest BCUT2D eigenvalue weighted by Crippen LogP contribution is 2.20. The zero-order valence-electron chi connectivity index (χ0n) is 10.5. The van der Waals surface area contributed by atoms with Gasteiger partial charge >= 0.3 is 0 Å². The Balaban J connectivity index is 2.23. The molecule has 1 aromatic carbocycles. The van der Waals surface area contributed by atoms with Gasteiger partial charge in [-0.05, 0) is 32.0 Å². The van der Waals surface area contributed by atoms with Crippen molar-refractivity contribution in [3.8, 4) is 0 Å². The zero-order chi connectivity index (χ0) is 14.0. The summed E-state index contributed by atoms with van der Waals surface area (Å²) in [5, 5.41) is 6.89. The van der Waals surface area contributed by atoms with E-state index in [4.69, 9.17) is 11.6 Å². The number of rotatable bonds is 3. The van der Waals surface area contributed by atoms with Crippen molar-refractivity contribution in [2.24, 2.45) is 0 Å². The van der Waals surface area contributed by atoms with Crippen LogP contribution >= 0.6 is 11.6 Å². The Bertz CT molecular complexity index is 610. The van der Waals surface area contributed by atoms with Crippen molar-refractivity contribution in [2.75, 3.05) is 5.32 Å². The van der Waals surface area contributed by atoms with Gasteiger partial charge in [-0.1, -0.05) is 11.6 Å². The number of hydrogen-bond donors (Lipinski definition) is 1. The van der Waals surface area contributed by atoms with Crippen molar-refractivity contribution in [1.82, 2.24) is 9.78 Å². The van der Waals surface area contributed by atoms with Gasteiger partial charge in [0.25, 0.3) is 5.91 Å². The molecule has 19 heavy (non-hydrogen) atoms. The molecule has 4 nitrogen and oxygen atoms in total. The van der Waals surface area contributed by atoms with Gasteiger partial charge in [-0.15, -0.1) is 0 Å². The number of halogens is 2. The fraction of sp³-hybridized carbons (Fsp3) is 0.231. The molecule has 0 aliphatic carbocycles. The molecule has 2 aromatic rings. The highest BCUT2D eigenvalue weighted by Gasteiger charge is 2.14. The molecule has 0 unspecified atom stereocenters. The molecule has 1 aromatic heterocycles. The number of benzene rings is 1. The first-order valence-corrected chi connectivity index (χ1v) is 6.16. The van der Waals surface area contributed by atoms with Crippen molar-refractivity contribution in [3.63, 3.8) is 0 Å². The second-order valence-electron chi connectivity index (χ2n) is 4.33. The molecular formula is C13H13ClFN3O. The minimum Gasteiger partial charge on any atom is -0.307 e. The molecule has 0 fully saturated rings. The van der Waals surface area contributed by atoms with Gasteiger partial charge in [-0.25, -0.2) is 9.07 Å². The van der Waals surface area contributed by atoms with Crippen molar-refractivity contribution < 1.29 is 9.18 Å². The minimum atomic E-state index is -0.478. The van der Waals surface area contributed by atoms with Gasteiger partial charge < -0.3 is 5.32 Å². The van der Waals surface area contributed by atoms with Gasteiger partial charge in [0.1, 0.15) is 11.6 Å². The first kappa shape index (κ1) is 13.5. The highest BCUT2D eigenvalue weighted by atomic mass is 35.5. The number of hydrogen-bond acceptors (Lipinski definition) is 2. The largest absolute Gasteiger partial charge is 0.307 e. The van der Waals surface area contributed by atoms with Crippen LogP contribution in [0, 0.1) is 5.82 Å². The van der Waals surface area contributed by atoms with Gasteiger partial charge in [0.05, 0.1) is 16.8 Å². The number of carbonyl (C=O) groups is 1. The van der Waals surface area contributed by atoms with E-state index in [2.05, 4.69) is 10.4 Å². The summed E-state index contributed by atoms with van der Waals surface area (Å²) in [6.07, 6.45) is 1.60. The number of carbonyl (C=O) groups excluding carboxylic acids is 1. The third-order valence-corrected chi connectivity index (χ3v) is 2.89. The van der Waals surface area contributed by atoms with Crippen molar-refractivity contribution in [1.29, 1.82) is 0 Å². The van der Waals surface area contributed by atoms with Crippen molar-refractivity contribution >= 4 is 23.3 Å². The first-order chi connectivity index (χ1) is 8.99. The molecule has 1 heterocycles. The quantitative estimate of drug-likeness (QED) is 0.936. The maximum atomic E-state index is 12.9. The lowest BCUT2D eigenvalue weighted by Gasteiger charge is -2.12. The lowest BCUT2D eigenvalue weighted by molar-refractivity contribution is 0.102. The first-order valence-electron chi connectivity index (χ1n) is 5.79. The monoisotopic (exact) mass is 281 g/mol. The van der Waals surface area contributed by atoms with Crippen LogP contribution < -0.4 is 5.32 Å². The average molecular weight is 282 g/mol. The summed E-state index contributed by atoms with van der Waals surface area (Å²) in [6.45, 7) is 3.90. The summed E-state index contributed by atoms with van der Waals surface area (Å²) in [7, 11) is 0. The molecular weight excluding hydrogens is 269 g/mol. The molecule has 1 amide bonds. The van der Waals surface area contributed by atoms with Crippen LogP contribution in [-0.2, 0) is 0 Å². The molecule has 0 aliphatic rings. The predicted molar refractivity (Wildman–Crippen MR) is 72.0 cm³/mol. The van der Waals surface area contributed by atoms with Gasteiger partial charge in [0, 0.05) is 12.1 Å². The van der Waals surface area contributed by atoms with E-state index < -0.39 is 11.7 Å². The second kappa shape index (κ2) is 5.40. The number of nitrogens with one attached hydrogen (secondary N) is 1. The smallest absolute Gasteiger partial charge is 0.258 e. The maximum Gasteiger partial charge on any atom is 0.258 e. The Morgan fingerprint density at radius 2 is 2.16 bits per heavy atom. The lowest BCUT2D eigenvalue weighted by Crippen LogP contribution is -2.17. The molecule has 0 saturated carbocycles. The summed E-state index contributed by atoms with van der Waals surface area (Å²) in [5.74, 6) is -0.304. The van der Waals surface area contributed by atoms with E-state index in [1.807, 2.05) is 13.8 Å². The molecule has 0 saturated heterocycles. The van der Waals surface area contributed by atoms with E-state index in [9.17, 15) is 9.18 Å². The summed E-state index contributed by atoms with van der Waals surface area (Å²) in [6, 6.07) is 5.46. The molecule has 6 heteroatoms. The standard InChI is InChI=1S/C13H13ClFN3O/c1-8(2)18-12(5-6-16-18)17-13(19)10-4-3-9(15)7-11(10)14/h3-8H,1-2H3,(H,17,19). The van der Waals surface area contributed by atoms with E-state index in [0.29, 0.717) is 5.82 Å². The Kier molecular flexibility index (Phi) is 3.85. The lowest BCUT2D eigenvalue weighted by atomic mass is 10.2. The Labute approximate surface area is 115 Å². The van der Waals surface area contributed by atoms with Crippen LogP contribution in [0.25, 0.3) is 0 Å². The predicted octanol–water partition coefficient (Wildman–Crippen LogP) is 3.51. The molecule has 2 rings (SSSR count). The van der Waals surface area contributed by atoms with Crippen LogP contribution in [0.15, 0.2) is 30.5 Å². The Morgan fingerprint density at radius 1 is 1.42 bits per heavy atom. The highest BCUT2D eigenvalue weighted by molar-refractivity contribution is 6.34. The fourth-order valence-corrected chi connectivity index (χ4v) is 1.94. The van der Waals surface area contributed by atoms with Crippen LogP contribution in [0.4, 0.5) is 10.2 Å². The van der Waals surface area contributed by atoms with Gasteiger partial charge in [-0.3, -0.25) is 4.79 Å². The SMILES string of the molecule is CC(C)n1nccc1NC(=O)c1ccc(F)cc1Cl. The summed E-state index contributed by atoms with van der Waals surface area (Å²) < 4.78 is 14.6. The topological polar surface area (TPSA) is 46.9 Å². The normalized spacial score (nSPS) is 10.8. The molecule has 0 aliphatic heterocycles. The number of anilines is 1. The van der Waals surface area contributed by atoms with Crippen molar-refractivity contribution in [3.05, 3.63) is 46.9 Å². The third-order valence-electron chi connectivity index (χ3n) is 2.58. The fourth-order valence-electron chi connectivity index (χ4n) is 1.68. The Morgan fingerprint density at radius 3 is 2.79 bits per heavy atom. The number of nitrogens with zero attached hydrogens (tertiary/aromatic N) is 2. The van der Waals surface area contributed by atoms with E-state index in [-0.39, 0.29) is 16.6 Å². The van der Waals surface area contributed by atoms with Crippen molar-refractivity contribution in [2.45, 2.75) is 19.9 Å². The summed E-state index contributed by atoms with van der Waals surface area (Å²) in [5.41, 5.74) is 0.222.